The van der Waals surface area contributed by atoms with Gasteiger partial charge in [0.05, 0.1) is 19.4 Å². The van der Waals surface area contributed by atoms with Crippen molar-refractivity contribution in [1.29, 1.82) is 0 Å². The van der Waals surface area contributed by atoms with Gasteiger partial charge in [0.15, 0.2) is 0 Å². The standard InChI is InChI=1S/C17H22F3NO2/c1-11-6-7-12(8-15(11)23-2)9-16(22)21-14-5-3-4-13(10-14)17(18,19)20/h6-8,13-14H,3-5,9-10H2,1-2H3,(H,21,22). The van der Waals surface area contributed by atoms with E-state index in [2.05, 4.69) is 5.32 Å². The molecule has 128 valence electrons. The Balaban J connectivity index is 1.92. The maximum atomic E-state index is 12.8. The van der Waals surface area contributed by atoms with Crippen molar-refractivity contribution in [1.82, 2.24) is 5.32 Å². The molecule has 1 aliphatic rings. The monoisotopic (exact) mass is 329 g/mol. The fraction of sp³-hybridized carbons (Fsp3) is 0.588. The number of ether oxygens (including phenoxy) is 1. The van der Waals surface area contributed by atoms with Crippen LogP contribution in [0.15, 0.2) is 18.2 Å². The quantitative estimate of drug-likeness (QED) is 0.913. The van der Waals surface area contributed by atoms with Crippen LogP contribution in [0.1, 0.15) is 36.8 Å². The molecule has 0 saturated heterocycles. The smallest absolute Gasteiger partial charge is 0.391 e. The molecule has 2 rings (SSSR count). The predicted octanol–water partition coefficient (Wildman–Crippen LogP) is 3.78. The molecule has 0 spiro atoms. The largest absolute Gasteiger partial charge is 0.496 e. The van der Waals surface area contributed by atoms with Crippen LogP contribution in [-0.2, 0) is 11.2 Å². The summed E-state index contributed by atoms with van der Waals surface area (Å²) in [4.78, 5) is 12.1. The minimum Gasteiger partial charge on any atom is -0.496 e. The summed E-state index contributed by atoms with van der Waals surface area (Å²) in [5.41, 5.74) is 1.75. The van der Waals surface area contributed by atoms with Crippen molar-refractivity contribution in [2.75, 3.05) is 7.11 Å². The topological polar surface area (TPSA) is 38.3 Å². The molecular formula is C17H22F3NO2. The summed E-state index contributed by atoms with van der Waals surface area (Å²) in [6.45, 7) is 1.90. The average Bonchev–Trinajstić information content (AvgIpc) is 2.48. The van der Waals surface area contributed by atoms with E-state index in [9.17, 15) is 18.0 Å². The van der Waals surface area contributed by atoms with Gasteiger partial charge in [0.1, 0.15) is 5.75 Å². The van der Waals surface area contributed by atoms with Crippen molar-refractivity contribution in [3.63, 3.8) is 0 Å². The molecular weight excluding hydrogens is 307 g/mol. The summed E-state index contributed by atoms with van der Waals surface area (Å²) >= 11 is 0. The molecule has 1 aromatic carbocycles. The molecule has 2 unspecified atom stereocenters. The van der Waals surface area contributed by atoms with Crippen LogP contribution in [0, 0.1) is 12.8 Å². The molecule has 1 saturated carbocycles. The number of carbonyl (C=O) groups is 1. The minimum absolute atomic E-state index is 0.0214. The van der Waals surface area contributed by atoms with E-state index in [1.165, 1.54) is 0 Å². The van der Waals surface area contributed by atoms with Gasteiger partial charge in [0.25, 0.3) is 0 Å². The predicted molar refractivity (Wildman–Crippen MR) is 81.4 cm³/mol. The number of hydrogen-bond donors (Lipinski definition) is 1. The van der Waals surface area contributed by atoms with E-state index in [1.807, 2.05) is 19.1 Å². The highest BCUT2D eigenvalue weighted by molar-refractivity contribution is 5.79. The van der Waals surface area contributed by atoms with Crippen LogP contribution in [0.5, 0.6) is 5.75 Å². The van der Waals surface area contributed by atoms with Crippen molar-refractivity contribution in [2.45, 2.75) is 51.2 Å². The Labute approximate surface area is 134 Å². The van der Waals surface area contributed by atoms with E-state index in [0.717, 1.165) is 11.1 Å². The third kappa shape index (κ3) is 4.88. The molecule has 6 heteroatoms. The molecule has 1 N–H and O–H groups in total. The van der Waals surface area contributed by atoms with Gasteiger partial charge in [-0.25, -0.2) is 0 Å². The number of amides is 1. The number of carbonyl (C=O) groups excluding carboxylic acids is 1. The van der Waals surface area contributed by atoms with Gasteiger partial charge in [0.2, 0.25) is 5.91 Å². The van der Waals surface area contributed by atoms with E-state index in [-0.39, 0.29) is 25.2 Å². The lowest BCUT2D eigenvalue weighted by Gasteiger charge is -2.31. The number of alkyl halides is 3. The number of benzene rings is 1. The molecule has 0 heterocycles. The Bertz CT molecular complexity index is 557. The summed E-state index contributed by atoms with van der Waals surface area (Å²) in [6.07, 6.45) is -2.79. The summed E-state index contributed by atoms with van der Waals surface area (Å²) in [6, 6.07) is 5.09. The van der Waals surface area contributed by atoms with Crippen LogP contribution in [0.25, 0.3) is 0 Å². The van der Waals surface area contributed by atoms with Gasteiger partial charge >= 0.3 is 6.18 Å². The van der Waals surface area contributed by atoms with E-state index in [4.69, 9.17) is 4.74 Å². The molecule has 0 radical (unpaired) electrons. The van der Waals surface area contributed by atoms with E-state index < -0.39 is 18.1 Å². The molecule has 1 aromatic rings. The molecule has 0 aromatic heterocycles. The van der Waals surface area contributed by atoms with Crippen LogP contribution >= 0.6 is 0 Å². The second-order valence-corrected chi connectivity index (χ2v) is 6.15. The highest BCUT2D eigenvalue weighted by Crippen LogP contribution is 2.37. The molecule has 3 nitrogen and oxygen atoms in total. The second kappa shape index (κ2) is 7.23. The zero-order valence-corrected chi connectivity index (χ0v) is 13.4. The summed E-state index contributed by atoms with van der Waals surface area (Å²) in [5.74, 6) is -0.852. The van der Waals surface area contributed by atoms with Crippen LogP contribution in [0.3, 0.4) is 0 Å². The van der Waals surface area contributed by atoms with Crippen LogP contribution in [-0.4, -0.2) is 25.2 Å². The van der Waals surface area contributed by atoms with Crippen molar-refractivity contribution in [2.24, 2.45) is 5.92 Å². The third-order valence-electron chi connectivity index (χ3n) is 4.34. The van der Waals surface area contributed by atoms with Crippen molar-refractivity contribution in [3.05, 3.63) is 29.3 Å². The zero-order valence-electron chi connectivity index (χ0n) is 13.4. The molecule has 0 aliphatic heterocycles. The van der Waals surface area contributed by atoms with Gasteiger partial charge in [-0.05, 0) is 43.4 Å². The average molecular weight is 329 g/mol. The lowest BCUT2D eigenvalue weighted by molar-refractivity contribution is -0.184. The number of aryl methyl sites for hydroxylation is 1. The van der Waals surface area contributed by atoms with Crippen molar-refractivity contribution in [3.8, 4) is 5.75 Å². The first-order chi connectivity index (χ1) is 10.8. The SMILES string of the molecule is COc1cc(CC(=O)NC2CCCC(C(F)(F)F)C2)ccc1C. The Morgan fingerprint density at radius 1 is 1.35 bits per heavy atom. The van der Waals surface area contributed by atoms with E-state index >= 15 is 0 Å². The number of rotatable bonds is 4. The first-order valence-electron chi connectivity index (χ1n) is 7.79. The van der Waals surface area contributed by atoms with Gasteiger partial charge in [-0.15, -0.1) is 0 Å². The Hall–Kier alpha value is -1.72. The van der Waals surface area contributed by atoms with Crippen molar-refractivity contribution < 1.29 is 22.7 Å². The number of nitrogens with one attached hydrogen (secondary N) is 1. The van der Waals surface area contributed by atoms with Crippen LogP contribution in [0.4, 0.5) is 13.2 Å². The van der Waals surface area contributed by atoms with Gasteiger partial charge in [-0.1, -0.05) is 18.6 Å². The summed E-state index contributed by atoms with van der Waals surface area (Å²) in [5, 5.41) is 2.74. The molecule has 2 atom stereocenters. The highest BCUT2D eigenvalue weighted by Gasteiger charge is 2.42. The fourth-order valence-electron chi connectivity index (χ4n) is 3.06. The van der Waals surface area contributed by atoms with Gasteiger partial charge in [-0.2, -0.15) is 13.2 Å². The molecule has 1 fully saturated rings. The van der Waals surface area contributed by atoms with Gasteiger partial charge in [0, 0.05) is 6.04 Å². The molecule has 23 heavy (non-hydrogen) atoms. The maximum Gasteiger partial charge on any atom is 0.391 e. The number of halogens is 3. The highest BCUT2D eigenvalue weighted by atomic mass is 19.4. The zero-order chi connectivity index (χ0) is 17.0. The fourth-order valence-corrected chi connectivity index (χ4v) is 3.06. The Morgan fingerprint density at radius 2 is 2.09 bits per heavy atom. The molecule has 0 bridgehead atoms. The first kappa shape index (κ1) is 17.6. The van der Waals surface area contributed by atoms with Crippen LogP contribution in [0.2, 0.25) is 0 Å². The minimum atomic E-state index is -4.17. The number of methoxy groups -OCH3 is 1. The normalized spacial score (nSPS) is 21.8. The van der Waals surface area contributed by atoms with Crippen molar-refractivity contribution >= 4 is 5.91 Å². The van der Waals surface area contributed by atoms with E-state index in [0.29, 0.717) is 18.6 Å². The van der Waals surface area contributed by atoms with Crippen LogP contribution < -0.4 is 10.1 Å². The molecule has 1 aliphatic carbocycles. The lowest BCUT2D eigenvalue weighted by atomic mass is 9.85. The van der Waals surface area contributed by atoms with Gasteiger partial charge < -0.3 is 10.1 Å². The lowest BCUT2D eigenvalue weighted by Crippen LogP contribution is -2.42. The third-order valence-corrected chi connectivity index (χ3v) is 4.34. The Morgan fingerprint density at radius 3 is 2.74 bits per heavy atom. The summed E-state index contributed by atoms with van der Waals surface area (Å²) < 4.78 is 43.6. The Kier molecular flexibility index (Phi) is 5.55. The first-order valence-corrected chi connectivity index (χ1v) is 7.79. The summed E-state index contributed by atoms with van der Waals surface area (Å²) in [7, 11) is 1.56. The van der Waals surface area contributed by atoms with E-state index in [1.54, 1.807) is 13.2 Å². The second-order valence-electron chi connectivity index (χ2n) is 6.15. The van der Waals surface area contributed by atoms with Gasteiger partial charge in [-0.3, -0.25) is 4.79 Å². The maximum absolute atomic E-state index is 12.8. The number of hydrogen-bond acceptors (Lipinski definition) is 2. The molecule has 1 amide bonds.